The minimum absolute atomic E-state index is 0.198. The van der Waals surface area contributed by atoms with Crippen molar-refractivity contribution in [2.75, 3.05) is 12.9 Å². The highest BCUT2D eigenvalue weighted by Gasteiger charge is 2.59. The van der Waals surface area contributed by atoms with Crippen LogP contribution in [-0.4, -0.2) is 76.9 Å². The van der Waals surface area contributed by atoms with E-state index in [1.54, 1.807) is 30.3 Å². The summed E-state index contributed by atoms with van der Waals surface area (Å²) in [6.07, 6.45) is 0.732. The van der Waals surface area contributed by atoms with Crippen LogP contribution in [-0.2, 0) is 35.2 Å². The number of hydrogen-bond acceptors (Lipinski definition) is 11. The molecule has 14 nitrogen and oxygen atoms in total. The summed E-state index contributed by atoms with van der Waals surface area (Å²) in [6, 6.07) is 8.41. The van der Waals surface area contributed by atoms with E-state index in [1.807, 2.05) is 0 Å². The van der Waals surface area contributed by atoms with Crippen LogP contribution in [0.5, 0.6) is 0 Å². The van der Waals surface area contributed by atoms with E-state index in [-0.39, 0.29) is 17.7 Å². The Morgan fingerprint density at radius 2 is 1.72 bits per heavy atom. The number of imide groups is 1. The van der Waals surface area contributed by atoms with Crippen LogP contribution in [0, 0.1) is 10.1 Å². The average Bonchev–Trinajstić information content (AvgIpc) is 3.12. The fraction of sp³-hybridized carbons (Fsp3) is 0.250. The summed E-state index contributed by atoms with van der Waals surface area (Å²) in [7, 11) is -4.09. The lowest BCUT2D eigenvalue weighted by Crippen LogP contribution is -2.73. The SMILES string of the molecule is C/C(O)=C(/C(=O)OCc1ccccc1)N1C(=O)[C@@H](N2C(=O)c3ccc([N+](=O)[O-])cc3C2=O)[C@H]1COS(C)(=O)=O. The number of rotatable bonds is 9. The number of allylic oxidation sites excluding steroid dienone is 1. The van der Waals surface area contributed by atoms with Crippen LogP contribution in [0.2, 0.25) is 0 Å². The predicted molar refractivity (Wildman–Crippen MR) is 130 cm³/mol. The third-order valence-electron chi connectivity index (χ3n) is 6.02. The van der Waals surface area contributed by atoms with Gasteiger partial charge in [0.25, 0.3) is 33.5 Å². The molecule has 1 fully saturated rings. The lowest BCUT2D eigenvalue weighted by atomic mass is 9.92. The van der Waals surface area contributed by atoms with Gasteiger partial charge in [0.15, 0.2) is 5.70 Å². The molecule has 2 aromatic carbocycles. The number of aliphatic hydroxyl groups excluding tert-OH is 1. The second kappa shape index (κ2) is 10.3. The Bertz CT molecular complexity index is 1530. The number of likely N-dealkylation sites (tertiary alicyclic amines) is 1. The number of nitrogens with zero attached hydrogens (tertiary/aromatic N) is 3. The van der Waals surface area contributed by atoms with Crippen LogP contribution in [0.1, 0.15) is 33.2 Å². The first kappa shape index (κ1) is 27.4. The fourth-order valence-corrected chi connectivity index (χ4v) is 4.66. The number of aliphatic hydroxyl groups is 1. The predicted octanol–water partition coefficient (Wildman–Crippen LogP) is 1.28. The van der Waals surface area contributed by atoms with Gasteiger partial charge < -0.3 is 9.84 Å². The first-order valence-corrected chi connectivity index (χ1v) is 13.1. The highest BCUT2D eigenvalue weighted by Crippen LogP contribution is 2.37. The van der Waals surface area contributed by atoms with Gasteiger partial charge in [-0.3, -0.25) is 38.5 Å². The molecule has 1 saturated heterocycles. The van der Waals surface area contributed by atoms with Gasteiger partial charge in [0.2, 0.25) is 0 Å². The molecular formula is C24H21N3O11S. The molecule has 0 aliphatic carbocycles. The van der Waals surface area contributed by atoms with Gasteiger partial charge in [-0.15, -0.1) is 0 Å². The van der Waals surface area contributed by atoms with Crippen LogP contribution in [0.3, 0.4) is 0 Å². The summed E-state index contributed by atoms with van der Waals surface area (Å²) in [6.45, 7) is 0.0878. The highest BCUT2D eigenvalue weighted by molar-refractivity contribution is 7.85. The molecule has 2 aromatic rings. The highest BCUT2D eigenvalue weighted by atomic mass is 32.2. The molecule has 1 N–H and O–H groups in total. The standard InChI is InChI=1S/C24H21N3O11S/c1-13(28)19(24(32)37-11-14-6-4-3-5-7-14)25-18(12-38-39(2,35)36)20(23(25)31)26-21(29)16-9-8-15(27(33)34)10-17(16)22(26)30/h3-10,18,20,28H,11-12H2,1-2H3/b19-13+/t18-,20+/m1/s1. The third-order valence-corrected chi connectivity index (χ3v) is 6.58. The molecule has 0 bridgehead atoms. The molecule has 0 unspecified atom stereocenters. The van der Waals surface area contributed by atoms with Gasteiger partial charge in [-0.25, -0.2) is 4.79 Å². The Balaban J connectivity index is 1.65. The zero-order chi connectivity index (χ0) is 28.6. The van der Waals surface area contributed by atoms with Crippen molar-refractivity contribution in [1.82, 2.24) is 9.80 Å². The van der Waals surface area contributed by atoms with Gasteiger partial charge in [-0.1, -0.05) is 30.3 Å². The Hall–Kier alpha value is -4.63. The monoisotopic (exact) mass is 559 g/mol. The molecular weight excluding hydrogens is 538 g/mol. The number of fused-ring (bicyclic) bond motifs is 1. The Morgan fingerprint density at radius 3 is 2.31 bits per heavy atom. The van der Waals surface area contributed by atoms with Crippen molar-refractivity contribution in [2.45, 2.75) is 25.6 Å². The molecule has 0 saturated carbocycles. The number of amides is 3. The van der Waals surface area contributed by atoms with E-state index in [2.05, 4.69) is 0 Å². The summed E-state index contributed by atoms with van der Waals surface area (Å²) in [5.41, 5.74) is -1.01. The van der Waals surface area contributed by atoms with Gasteiger partial charge in [-0.05, 0) is 18.6 Å². The first-order valence-electron chi connectivity index (χ1n) is 11.3. The number of non-ortho nitro benzene ring substituents is 1. The second-order valence-electron chi connectivity index (χ2n) is 8.67. The van der Waals surface area contributed by atoms with Gasteiger partial charge in [0, 0.05) is 12.1 Å². The number of β-lactam (4-membered cyclic amide) rings is 1. The molecule has 3 amide bonds. The lowest BCUT2D eigenvalue weighted by Gasteiger charge is -2.49. The minimum Gasteiger partial charge on any atom is -0.510 e. The van der Waals surface area contributed by atoms with E-state index >= 15 is 0 Å². The maximum atomic E-state index is 13.3. The summed E-state index contributed by atoms with van der Waals surface area (Å²) in [5, 5.41) is 21.4. The lowest BCUT2D eigenvalue weighted by molar-refractivity contribution is -0.384. The summed E-state index contributed by atoms with van der Waals surface area (Å²) < 4.78 is 33.5. The Morgan fingerprint density at radius 1 is 1.08 bits per heavy atom. The number of benzene rings is 2. The largest absolute Gasteiger partial charge is 0.510 e. The molecule has 2 aliphatic rings. The summed E-state index contributed by atoms with van der Waals surface area (Å²) >= 11 is 0. The minimum atomic E-state index is -4.09. The van der Waals surface area contributed by atoms with Crippen molar-refractivity contribution in [3.63, 3.8) is 0 Å². The van der Waals surface area contributed by atoms with Crippen LogP contribution in [0.4, 0.5) is 5.69 Å². The first-order chi connectivity index (χ1) is 18.3. The number of nitro groups is 1. The van der Waals surface area contributed by atoms with Crippen LogP contribution in [0.15, 0.2) is 60.0 Å². The fourth-order valence-electron chi connectivity index (χ4n) is 4.27. The Kier molecular flexibility index (Phi) is 7.21. The van der Waals surface area contributed by atoms with Gasteiger partial charge in [0.05, 0.1) is 35.0 Å². The van der Waals surface area contributed by atoms with Crippen molar-refractivity contribution in [3.8, 4) is 0 Å². The van der Waals surface area contributed by atoms with Crippen molar-refractivity contribution < 1.29 is 46.5 Å². The maximum Gasteiger partial charge on any atom is 0.358 e. The number of hydrogen-bond donors (Lipinski definition) is 1. The molecule has 204 valence electrons. The van der Waals surface area contributed by atoms with Crippen molar-refractivity contribution in [2.24, 2.45) is 0 Å². The van der Waals surface area contributed by atoms with E-state index in [1.165, 1.54) is 0 Å². The molecule has 39 heavy (non-hydrogen) atoms. The van der Waals surface area contributed by atoms with Crippen molar-refractivity contribution in [3.05, 3.63) is 86.8 Å². The molecule has 2 aliphatic heterocycles. The number of esters is 1. The molecule has 0 aromatic heterocycles. The smallest absolute Gasteiger partial charge is 0.358 e. The maximum absolute atomic E-state index is 13.3. The van der Waals surface area contributed by atoms with Gasteiger partial charge >= 0.3 is 5.97 Å². The molecule has 0 spiro atoms. The quantitative estimate of drug-likeness (QED) is 0.0680. The number of carbonyl (C=O) groups excluding carboxylic acids is 4. The van der Waals surface area contributed by atoms with Crippen molar-refractivity contribution in [1.29, 1.82) is 0 Å². The van der Waals surface area contributed by atoms with E-state index < -0.39 is 74.6 Å². The van der Waals surface area contributed by atoms with E-state index in [4.69, 9.17) is 8.92 Å². The summed E-state index contributed by atoms with van der Waals surface area (Å²) in [5.74, 6) is -4.78. The zero-order valence-corrected chi connectivity index (χ0v) is 21.3. The van der Waals surface area contributed by atoms with Crippen LogP contribution in [0.25, 0.3) is 0 Å². The Labute approximate surface area is 221 Å². The third kappa shape index (κ3) is 5.21. The topological polar surface area (TPSA) is 191 Å². The van der Waals surface area contributed by atoms with E-state index in [9.17, 15) is 42.8 Å². The van der Waals surface area contributed by atoms with Crippen molar-refractivity contribution >= 4 is 39.5 Å². The van der Waals surface area contributed by atoms with E-state index in [0.717, 1.165) is 31.4 Å². The van der Waals surface area contributed by atoms with Crippen LogP contribution < -0.4 is 0 Å². The molecule has 2 heterocycles. The van der Waals surface area contributed by atoms with Gasteiger partial charge in [0.1, 0.15) is 18.4 Å². The number of nitro benzene ring substituents is 1. The second-order valence-corrected chi connectivity index (χ2v) is 10.3. The normalized spacial score (nSPS) is 19.4. The number of carbonyl (C=O) groups is 4. The average molecular weight is 560 g/mol. The zero-order valence-electron chi connectivity index (χ0n) is 20.5. The van der Waals surface area contributed by atoms with Crippen LogP contribution >= 0.6 is 0 Å². The van der Waals surface area contributed by atoms with Gasteiger partial charge in [-0.2, -0.15) is 8.42 Å². The molecule has 2 atom stereocenters. The molecule has 0 radical (unpaired) electrons. The number of ether oxygens (including phenoxy) is 1. The van der Waals surface area contributed by atoms with E-state index in [0.29, 0.717) is 15.4 Å². The molecule has 4 rings (SSSR count). The summed E-state index contributed by atoms with van der Waals surface area (Å²) in [4.78, 5) is 64.0. The molecule has 15 heteroatoms.